The van der Waals surface area contributed by atoms with Crippen LogP contribution in [0.4, 0.5) is 4.39 Å². The second-order valence-corrected chi connectivity index (χ2v) is 13.9. The van der Waals surface area contributed by atoms with Crippen LogP contribution in [0.1, 0.15) is 19.9 Å². The third-order valence-corrected chi connectivity index (χ3v) is 11.8. The fourth-order valence-electron chi connectivity index (χ4n) is 5.92. The van der Waals surface area contributed by atoms with Gasteiger partial charge in [-0.2, -0.15) is 0 Å². The number of hydrogen-bond acceptors (Lipinski definition) is 0. The Morgan fingerprint density at radius 2 is 1.15 bits per heavy atom. The number of hydrogen-bond donors (Lipinski definition) is 0. The molecular formula is C36H32FNP+. The number of rotatable bonds is 6. The van der Waals surface area contributed by atoms with Crippen LogP contribution < -0.4 is 15.9 Å². The Balaban J connectivity index is 1.75. The molecule has 0 aliphatic heterocycles. The molecule has 0 bridgehead atoms. The van der Waals surface area contributed by atoms with Crippen molar-refractivity contribution in [3.05, 3.63) is 139 Å². The number of fused-ring (bicyclic) bond motifs is 1. The molecule has 0 N–H and O–H groups in total. The second kappa shape index (κ2) is 10.3. The minimum Gasteiger partial charge on any atom is -0.337 e. The van der Waals surface area contributed by atoms with Crippen molar-refractivity contribution in [1.29, 1.82) is 0 Å². The van der Waals surface area contributed by atoms with Crippen LogP contribution >= 0.6 is 7.26 Å². The standard InChI is InChI=1S/C36H32FNP/c1-26(2)38-33-20-12-10-18-31(33)35(27-22-24-28(37)25-23-27)36(38)32-19-11-13-21-34(32)39(3,29-14-6-4-7-15-29)30-16-8-5-9-17-30/h4-26H,1-3H3/q+1. The van der Waals surface area contributed by atoms with E-state index in [1.54, 1.807) is 12.1 Å². The van der Waals surface area contributed by atoms with Gasteiger partial charge in [0.05, 0.1) is 12.4 Å². The van der Waals surface area contributed by atoms with Gasteiger partial charge in [-0.05, 0) is 74.0 Å². The van der Waals surface area contributed by atoms with E-state index >= 15 is 0 Å². The Hall–Kier alpha value is -4.00. The van der Waals surface area contributed by atoms with Gasteiger partial charge in [0.25, 0.3) is 0 Å². The van der Waals surface area contributed by atoms with E-state index in [2.05, 4.69) is 134 Å². The van der Waals surface area contributed by atoms with E-state index in [-0.39, 0.29) is 11.9 Å². The van der Waals surface area contributed by atoms with Gasteiger partial charge >= 0.3 is 0 Å². The summed E-state index contributed by atoms with van der Waals surface area (Å²) in [5.41, 5.74) is 5.78. The summed E-state index contributed by atoms with van der Waals surface area (Å²) in [6.45, 7) is 6.93. The van der Waals surface area contributed by atoms with Crippen LogP contribution in [0.25, 0.3) is 33.3 Å². The lowest BCUT2D eigenvalue weighted by Gasteiger charge is -2.27. The van der Waals surface area contributed by atoms with E-state index in [9.17, 15) is 4.39 Å². The molecule has 0 unspecified atom stereocenters. The molecule has 1 aromatic heterocycles. The van der Waals surface area contributed by atoms with Crippen molar-refractivity contribution in [2.75, 3.05) is 6.66 Å². The zero-order chi connectivity index (χ0) is 27.0. The predicted octanol–water partition coefficient (Wildman–Crippen LogP) is 8.62. The lowest BCUT2D eigenvalue weighted by molar-refractivity contribution is 0.627. The molecule has 0 amide bonds. The monoisotopic (exact) mass is 528 g/mol. The molecule has 39 heavy (non-hydrogen) atoms. The van der Waals surface area contributed by atoms with E-state index in [1.165, 1.54) is 38.1 Å². The molecule has 3 heteroatoms. The summed E-state index contributed by atoms with van der Waals surface area (Å²) in [5.74, 6) is -0.222. The molecule has 1 nitrogen and oxygen atoms in total. The first kappa shape index (κ1) is 25.3. The smallest absolute Gasteiger partial charge is 0.123 e. The van der Waals surface area contributed by atoms with Gasteiger partial charge in [-0.3, -0.25) is 0 Å². The summed E-state index contributed by atoms with van der Waals surface area (Å²) < 4.78 is 16.5. The first-order chi connectivity index (χ1) is 19.0. The Labute approximate surface area is 230 Å². The second-order valence-electron chi connectivity index (χ2n) is 10.4. The van der Waals surface area contributed by atoms with Crippen molar-refractivity contribution in [1.82, 2.24) is 4.57 Å². The summed E-state index contributed by atoms with van der Waals surface area (Å²) in [6, 6.07) is 46.6. The van der Waals surface area contributed by atoms with E-state index in [4.69, 9.17) is 0 Å². The van der Waals surface area contributed by atoms with Gasteiger partial charge in [-0.25, -0.2) is 4.39 Å². The van der Waals surface area contributed by atoms with Crippen molar-refractivity contribution < 1.29 is 4.39 Å². The molecule has 6 aromatic rings. The first-order valence-electron chi connectivity index (χ1n) is 13.5. The van der Waals surface area contributed by atoms with E-state index < -0.39 is 7.26 Å². The van der Waals surface area contributed by atoms with Gasteiger partial charge in [-0.1, -0.05) is 78.9 Å². The minimum absolute atomic E-state index is 0.222. The highest BCUT2D eigenvalue weighted by Gasteiger charge is 2.43. The highest BCUT2D eigenvalue weighted by Crippen LogP contribution is 2.55. The van der Waals surface area contributed by atoms with Crippen molar-refractivity contribution in [2.24, 2.45) is 0 Å². The highest BCUT2D eigenvalue weighted by atomic mass is 31.2. The molecule has 0 fully saturated rings. The number of halogens is 1. The highest BCUT2D eigenvalue weighted by molar-refractivity contribution is 7.95. The third kappa shape index (κ3) is 4.30. The molecule has 1 heterocycles. The summed E-state index contributed by atoms with van der Waals surface area (Å²) >= 11 is 0. The molecule has 0 atom stereocenters. The van der Waals surface area contributed by atoms with Gasteiger partial charge in [0.2, 0.25) is 0 Å². The van der Waals surface area contributed by atoms with Crippen molar-refractivity contribution in [3.8, 4) is 22.4 Å². The number of para-hydroxylation sites is 1. The molecule has 0 saturated carbocycles. The Morgan fingerprint density at radius 3 is 1.77 bits per heavy atom. The lowest BCUT2D eigenvalue weighted by Crippen LogP contribution is -2.31. The predicted molar refractivity (Wildman–Crippen MR) is 168 cm³/mol. The van der Waals surface area contributed by atoms with Crippen molar-refractivity contribution in [2.45, 2.75) is 19.9 Å². The number of nitrogens with zero attached hydrogens (tertiary/aromatic N) is 1. The van der Waals surface area contributed by atoms with Crippen molar-refractivity contribution in [3.63, 3.8) is 0 Å². The maximum Gasteiger partial charge on any atom is 0.123 e. The third-order valence-electron chi connectivity index (χ3n) is 7.75. The van der Waals surface area contributed by atoms with Gasteiger partial charge in [0, 0.05) is 28.1 Å². The summed E-state index contributed by atoms with van der Waals surface area (Å²) in [5, 5.41) is 5.22. The molecule has 0 spiro atoms. The van der Waals surface area contributed by atoms with E-state index in [0.29, 0.717) is 0 Å². The fourth-order valence-corrected chi connectivity index (χ4v) is 9.35. The van der Waals surface area contributed by atoms with Crippen LogP contribution in [0.3, 0.4) is 0 Å². The maximum atomic E-state index is 14.1. The van der Waals surface area contributed by atoms with E-state index in [1.807, 2.05) is 12.1 Å². The lowest BCUT2D eigenvalue weighted by atomic mass is 9.98. The SMILES string of the molecule is CC(C)n1c(-c2ccccc2[P+](C)(c2ccccc2)c2ccccc2)c(-c2ccc(F)cc2)c2ccccc21. The Morgan fingerprint density at radius 1 is 0.615 bits per heavy atom. The topological polar surface area (TPSA) is 4.93 Å². The largest absolute Gasteiger partial charge is 0.337 e. The van der Waals surface area contributed by atoms with Crippen LogP contribution in [0.5, 0.6) is 0 Å². The van der Waals surface area contributed by atoms with Gasteiger partial charge in [0.15, 0.2) is 0 Å². The van der Waals surface area contributed by atoms with Gasteiger partial charge < -0.3 is 4.57 Å². The molecule has 192 valence electrons. The fraction of sp³-hybridized carbons (Fsp3) is 0.111. The van der Waals surface area contributed by atoms with Crippen LogP contribution in [-0.4, -0.2) is 11.2 Å². The zero-order valence-corrected chi connectivity index (χ0v) is 23.4. The zero-order valence-electron chi connectivity index (χ0n) is 22.6. The average Bonchev–Trinajstić information content (AvgIpc) is 3.33. The average molecular weight is 529 g/mol. The van der Waals surface area contributed by atoms with E-state index in [0.717, 1.165) is 11.1 Å². The summed E-state index contributed by atoms with van der Waals surface area (Å²) in [6.07, 6.45) is 0. The summed E-state index contributed by atoms with van der Waals surface area (Å²) in [4.78, 5) is 0. The molecule has 0 aliphatic carbocycles. The molecule has 0 aliphatic rings. The molecular weight excluding hydrogens is 496 g/mol. The normalized spacial score (nSPS) is 11.8. The summed E-state index contributed by atoms with van der Waals surface area (Å²) in [7, 11) is -2.02. The Bertz CT molecular complexity index is 1700. The van der Waals surface area contributed by atoms with Gasteiger partial charge in [0.1, 0.15) is 29.0 Å². The molecule has 5 aromatic carbocycles. The Kier molecular flexibility index (Phi) is 6.67. The van der Waals surface area contributed by atoms with Crippen LogP contribution in [0.2, 0.25) is 0 Å². The van der Waals surface area contributed by atoms with Crippen LogP contribution in [0.15, 0.2) is 133 Å². The molecule has 6 rings (SSSR count). The number of benzene rings is 5. The first-order valence-corrected chi connectivity index (χ1v) is 15.7. The maximum absolute atomic E-state index is 14.1. The van der Waals surface area contributed by atoms with Crippen molar-refractivity contribution >= 4 is 34.1 Å². The van der Waals surface area contributed by atoms with Crippen LogP contribution in [0, 0.1) is 5.82 Å². The number of aromatic nitrogens is 1. The van der Waals surface area contributed by atoms with Gasteiger partial charge in [-0.15, -0.1) is 0 Å². The molecule has 0 radical (unpaired) electrons. The molecule has 0 saturated heterocycles. The minimum atomic E-state index is -2.02. The van der Waals surface area contributed by atoms with Crippen LogP contribution in [-0.2, 0) is 0 Å². The quantitative estimate of drug-likeness (QED) is 0.191.